The van der Waals surface area contributed by atoms with Gasteiger partial charge in [-0.05, 0) is 37.2 Å². The zero-order valence-corrected chi connectivity index (χ0v) is 10.3. The van der Waals surface area contributed by atoms with Gasteiger partial charge < -0.3 is 4.74 Å². The summed E-state index contributed by atoms with van der Waals surface area (Å²) in [5.74, 6) is -2.68. The standard InChI is InChI=1S/C13H22F2O/c1-12(14,15)7-3-4-8-13(11-16-2)9-5-6-10-13/h3,7H,4-6,8-11H2,1-2H3/b7-3+. The molecule has 0 amide bonds. The van der Waals surface area contributed by atoms with Gasteiger partial charge in [-0.1, -0.05) is 18.9 Å². The number of hydrogen-bond acceptors (Lipinski definition) is 1. The maximum absolute atomic E-state index is 12.6. The highest BCUT2D eigenvalue weighted by Gasteiger charge is 2.32. The lowest BCUT2D eigenvalue weighted by atomic mass is 9.82. The average molecular weight is 232 g/mol. The largest absolute Gasteiger partial charge is 0.384 e. The van der Waals surface area contributed by atoms with Crippen molar-refractivity contribution in [1.82, 2.24) is 0 Å². The Bertz CT molecular complexity index is 225. The molecule has 0 heterocycles. The van der Waals surface area contributed by atoms with Crippen LogP contribution in [0.1, 0.15) is 45.4 Å². The molecule has 1 rings (SSSR count). The SMILES string of the molecule is COCC1(CC/C=C/C(C)(F)F)CCCC1. The van der Waals surface area contributed by atoms with Crippen LogP contribution in [0.2, 0.25) is 0 Å². The van der Waals surface area contributed by atoms with Gasteiger partial charge in [0, 0.05) is 14.0 Å². The van der Waals surface area contributed by atoms with Crippen molar-refractivity contribution in [3.8, 4) is 0 Å². The summed E-state index contributed by atoms with van der Waals surface area (Å²) in [6.45, 7) is 1.69. The first-order valence-corrected chi connectivity index (χ1v) is 6.02. The van der Waals surface area contributed by atoms with Crippen LogP contribution in [0.25, 0.3) is 0 Å². The molecule has 0 aromatic carbocycles. The fourth-order valence-corrected chi connectivity index (χ4v) is 2.58. The lowest BCUT2D eigenvalue weighted by Crippen LogP contribution is -2.22. The van der Waals surface area contributed by atoms with Crippen molar-refractivity contribution in [2.45, 2.75) is 51.4 Å². The van der Waals surface area contributed by atoms with Crippen LogP contribution in [0.15, 0.2) is 12.2 Å². The van der Waals surface area contributed by atoms with Gasteiger partial charge in [0.05, 0.1) is 6.61 Å². The fraction of sp³-hybridized carbons (Fsp3) is 0.846. The van der Waals surface area contributed by atoms with E-state index in [-0.39, 0.29) is 5.41 Å². The predicted octanol–water partition coefficient (Wildman–Crippen LogP) is 4.18. The van der Waals surface area contributed by atoms with Gasteiger partial charge in [-0.3, -0.25) is 0 Å². The molecule has 0 spiro atoms. The van der Waals surface area contributed by atoms with E-state index in [1.165, 1.54) is 25.7 Å². The van der Waals surface area contributed by atoms with Crippen LogP contribution in [-0.2, 0) is 4.74 Å². The molecular formula is C13H22F2O. The summed E-state index contributed by atoms with van der Waals surface area (Å²) in [5, 5.41) is 0. The van der Waals surface area contributed by atoms with Crippen LogP contribution >= 0.6 is 0 Å². The summed E-state index contributed by atoms with van der Waals surface area (Å²) in [6, 6.07) is 0. The smallest absolute Gasteiger partial charge is 0.263 e. The third-order valence-corrected chi connectivity index (χ3v) is 3.37. The first-order chi connectivity index (χ1) is 7.47. The second-order valence-corrected chi connectivity index (χ2v) is 5.04. The van der Waals surface area contributed by atoms with Gasteiger partial charge in [0.25, 0.3) is 5.92 Å². The number of allylic oxidation sites excluding steroid dienone is 2. The molecule has 0 unspecified atom stereocenters. The van der Waals surface area contributed by atoms with Gasteiger partial charge in [-0.2, -0.15) is 0 Å². The highest BCUT2D eigenvalue weighted by molar-refractivity contribution is 4.94. The number of methoxy groups -OCH3 is 1. The summed E-state index contributed by atoms with van der Waals surface area (Å²) in [5.41, 5.74) is 0.252. The molecular weight excluding hydrogens is 210 g/mol. The van der Waals surface area contributed by atoms with E-state index in [2.05, 4.69) is 0 Å². The molecule has 0 N–H and O–H groups in total. The third kappa shape index (κ3) is 4.60. The maximum Gasteiger partial charge on any atom is 0.263 e. The van der Waals surface area contributed by atoms with Crippen LogP contribution in [0, 0.1) is 5.41 Å². The Morgan fingerprint density at radius 1 is 1.31 bits per heavy atom. The van der Waals surface area contributed by atoms with Gasteiger partial charge >= 0.3 is 0 Å². The maximum atomic E-state index is 12.6. The average Bonchev–Trinajstić information content (AvgIpc) is 2.61. The van der Waals surface area contributed by atoms with Gasteiger partial charge in [0.1, 0.15) is 0 Å². The Hall–Kier alpha value is -0.440. The normalized spacial score (nSPS) is 20.8. The number of ether oxygens (including phenoxy) is 1. The summed E-state index contributed by atoms with van der Waals surface area (Å²) >= 11 is 0. The van der Waals surface area contributed by atoms with E-state index >= 15 is 0 Å². The summed E-state index contributed by atoms with van der Waals surface area (Å²) in [7, 11) is 1.72. The van der Waals surface area contributed by atoms with Crippen molar-refractivity contribution in [3.05, 3.63) is 12.2 Å². The van der Waals surface area contributed by atoms with Crippen LogP contribution in [0.4, 0.5) is 8.78 Å². The predicted molar refractivity (Wildman–Crippen MR) is 61.8 cm³/mol. The van der Waals surface area contributed by atoms with Crippen LogP contribution in [0.3, 0.4) is 0 Å². The van der Waals surface area contributed by atoms with Crippen molar-refractivity contribution < 1.29 is 13.5 Å². The van der Waals surface area contributed by atoms with Crippen molar-refractivity contribution in [2.75, 3.05) is 13.7 Å². The minimum absolute atomic E-state index is 0.252. The van der Waals surface area contributed by atoms with Crippen molar-refractivity contribution in [3.63, 3.8) is 0 Å². The molecule has 0 atom stereocenters. The van der Waals surface area contributed by atoms with E-state index < -0.39 is 5.92 Å². The molecule has 0 aromatic rings. The van der Waals surface area contributed by atoms with E-state index in [1.54, 1.807) is 13.2 Å². The topological polar surface area (TPSA) is 9.23 Å². The van der Waals surface area contributed by atoms with E-state index in [0.29, 0.717) is 0 Å². The molecule has 94 valence electrons. The monoisotopic (exact) mass is 232 g/mol. The fourth-order valence-electron chi connectivity index (χ4n) is 2.58. The van der Waals surface area contributed by atoms with E-state index in [4.69, 9.17) is 4.74 Å². The van der Waals surface area contributed by atoms with E-state index in [1.807, 2.05) is 0 Å². The van der Waals surface area contributed by atoms with E-state index in [0.717, 1.165) is 32.4 Å². The lowest BCUT2D eigenvalue weighted by Gasteiger charge is -2.27. The second kappa shape index (κ2) is 5.76. The lowest BCUT2D eigenvalue weighted by molar-refractivity contribution is 0.0735. The number of halogens is 2. The van der Waals surface area contributed by atoms with Crippen LogP contribution in [-0.4, -0.2) is 19.6 Å². The van der Waals surface area contributed by atoms with E-state index in [9.17, 15) is 8.78 Å². The zero-order chi connectivity index (χ0) is 12.1. The highest BCUT2D eigenvalue weighted by atomic mass is 19.3. The second-order valence-electron chi connectivity index (χ2n) is 5.04. The first-order valence-electron chi connectivity index (χ1n) is 6.02. The number of alkyl halides is 2. The summed E-state index contributed by atoms with van der Waals surface area (Å²) in [6.07, 6.45) is 9.15. The molecule has 0 radical (unpaired) electrons. The third-order valence-electron chi connectivity index (χ3n) is 3.37. The van der Waals surface area contributed by atoms with Gasteiger partial charge in [0.2, 0.25) is 0 Å². The molecule has 0 bridgehead atoms. The zero-order valence-electron chi connectivity index (χ0n) is 10.3. The molecule has 1 aliphatic rings. The van der Waals surface area contributed by atoms with Crippen LogP contribution in [0.5, 0.6) is 0 Å². The Kier molecular flexibility index (Phi) is 4.90. The molecule has 0 aromatic heterocycles. The molecule has 1 saturated carbocycles. The van der Waals surface area contributed by atoms with Gasteiger partial charge in [-0.25, -0.2) is 8.78 Å². The molecule has 16 heavy (non-hydrogen) atoms. The van der Waals surface area contributed by atoms with Gasteiger partial charge in [-0.15, -0.1) is 0 Å². The minimum Gasteiger partial charge on any atom is -0.384 e. The Morgan fingerprint density at radius 2 is 1.94 bits per heavy atom. The molecule has 1 aliphatic carbocycles. The van der Waals surface area contributed by atoms with Gasteiger partial charge in [0.15, 0.2) is 0 Å². The van der Waals surface area contributed by atoms with Crippen molar-refractivity contribution in [1.29, 1.82) is 0 Å². The number of hydrogen-bond donors (Lipinski definition) is 0. The molecule has 3 heteroatoms. The summed E-state index contributed by atoms with van der Waals surface area (Å²) in [4.78, 5) is 0. The first kappa shape index (κ1) is 13.6. The molecule has 0 saturated heterocycles. The van der Waals surface area contributed by atoms with Crippen molar-refractivity contribution >= 4 is 0 Å². The Balaban J connectivity index is 2.36. The molecule has 1 fully saturated rings. The quantitative estimate of drug-likeness (QED) is 0.624. The molecule has 0 aliphatic heterocycles. The molecule has 1 nitrogen and oxygen atoms in total. The number of rotatable bonds is 6. The van der Waals surface area contributed by atoms with Crippen LogP contribution < -0.4 is 0 Å². The summed E-state index contributed by atoms with van der Waals surface area (Å²) < 4.78 is 30.4. The Morgan fingerprint density at radius 3 is 2.44 bits per heavy atom. The highest BCUT2D eigenvalue weighted by Crippen LogP contribution is 2.42. The Labute approximate surface area is 96.9 Å². The minimum atomic E-state index is -2.68. The van der Waals surface area contributed by atoms with Crippen molar-refractivity contribution in [2.24, 2.45) is 5.41 Å².